The van der Waals surface area contributed by atoms with Gasteiger partial charge in [-0.3, -0.25) is 9.59 Å². The molecule has 2 heterocycles. The van der Waals surface area contributed by atoms with Crippen LogP contribution in [0.2, 0.25) is 0 Å². The van der Waals surface area contributed by atoms with Gasteiger partial charge in [-0.2, -0.15) is 0 Å². The Morgan fingerprint density at radius 1 is 0.969 bits per heavy atom. The number of ether oxygens (including phenoxy) is 2. The molecule has 0 bridgehead atoms. The smallest absolute Gasteiger partial charge is 0.348 e. The van der Waals surface area contributed by atoms with Crippen LogP contribution in [0.25, 0.3) is 0 Å². The Kier molecular flexibility index (Phi) is 7.74. The highest BCUT2D eigenvalue weighted by Crippen LogP contribution is 2.27. The van der Waals surface area contributed by atoms with E-state index >= 15 is 0 Å². The van der Waals surface area contributed by atoms with Crippen molar-refractivity contribution in [2.75, 3.05) is 23.8 Å². The van der Waals surface area contributed by atoms with Gasteiger partial charge in [0.1, 0.15) is 4.88 Å². The van der Waals surface area contributed by atoms with E-state index in [1.165, 1.54) is 23.5 Å². The van der Waals surface area contributed by atoms with Gasteiger partial charge >= 0.3 is 11.9 Å². The lowest BCUT2D eigenvalue weighted by Crippen LogP contribution is -2.20. The van der Waals surface area contributed by atoms with Crippen molar-refractivity contribution in [3.63, 3.8) is 0 Å². The highest BCUT2D eigenvalue weighted by Gasteiger charge is 2.17. The summed E-state index contributed by atoms with van der Waals surface area (Å²) in [5, 5.41) is 7.55. The molecule has 10 heteroatoms. The number of hydrogen-bond acceptors (Lipinski definition) is 8. The number of amides is 2. The van der Waals surface area contributed by atoms with Crippen molar-refractivity contribution in [2.24, 2.45) is 0 Å². The molecule has 3 aromatic rings. The monoisotopic (exact) mass is 472 g/mol. The first-order valence-electron chi connectivity index (χ1n) is 9.56. The maximum atomic E-state index is 12.3. The molecule has 0 atom stereocenters. The lowest BCUT2D eigenvalue weighted by atomic mass is 10.2. The van der Waals surface area contributed by atoms with E-state index in [2.05, 4.69) is 10.6 Å². The summed E-state index contributed by atoms with van der Waals surface area (Å²) < 4.78 is 10.0. The zero-order valence-electron chi connectivity index (χ0n) is 17.3. The second-order valence-electron chi connectivity index (χ2n) is 6.48. The number of carbonyl (C=O) groups is 4. The third-order valence-electron chi connectivity index (χ3n) is 4.08. The zero-order valence-corrected chi connectivity index (χ0v) is 18.9. The standard InChI is InChI=1S/C22H20N2O6S2/c1-3-29-22(28)19-13(2)10-18(32-19)24-17(25)12-30-21(27)14-6-4-7-15(11-14)23-20(26)16-8-5-9-31-16/h4-11H,3,12H2,1-2H3,(H,23,26)(H,24,25). The normalized spacial score (nSPS) is 10.3. The van der Waals surface area contributed by atoms with Crippen LogP contribution in [0, 0.1) is 6.92 Å². The van der Waals surface area contributed by atoms with E-state index in [1.807, 2.05) is 0 Å². The molecule has 2 amide bonds. The Morgan fingerprint density at radius 2 is 1.78 bits per heavy atom. The summed E-state index contributed by atoms with van der Waals surface area (Å²) in [6.45, 7) is 3.21. The summed E-state index contributed by atoms with van der Waals surface area (Å²) in [6, 6.07) is 11.4. The van der Waals surface area contributed by atoms with Gasteiger partial charge in [-0.25, -0.2) is 9.59 Å². The molecule has 1 aromatic carbocycles. The summed E-state index contributed by atoms with van der Waals surface area (Å²) in [6.07, 6.45) is 0. The first-order valence-corrected chi connectivity index (χ1v) is 11.3. The first-order chi connectivity index (χ1) is 15.4. The van der Waals surface area contributed by atoms with Gasteiger partial charge in [0.2, 0.25) is 0 Å². The largest absolute Gasteiger partial charge is 0.462 e. The summed E-state index contributed by atoms with van der Waals surface area (Å²) in [7, 11) is 0. The minimum atomic E-state index is -0.707. The van der Waals surface area contributed by atoms with Gasteiger partial charge in [0, 0.05) is 5.69 Å². The predicted octanol–water partition coefficient (Wildman–Crippen LogP) is 4.34. The van der Waals surface area contributed by atoms with Crippen LogP contribution >= 0.6 is 22.7 Å². The van der Waals surface area contributed by atoms with Crippen molar-refractivity contribution in [1.82, 2.24) is 0 Å². The third-order valence-corrected chi connectivity index (χ3v) is 6.08. The molecule has 0 aliphatic heterocycles. The van der Waals surface area contributed by atoms with Crippen LogP contribution in [0.5, 0.6) is 0 Å². The number of rotatable bonds is 8. The second kappa shape index (κ2) is 10.7. The molecule has 0 unspecified atom stereocenters. The zero-order chi connectivity index (χ0) is 23.1. The number of thiophene rings is 2. The van der Waals surface area contributed by atoms with Crippen molar-refractivity contribution < 1.29 is 28.7 Å². The summed E-state index contributed by atoms with van der Waals surface area (Å²) in [5.74, 6) is -1.98. The van der Waals surface area contributed by atoms with Gasteiger partial charge in [0.15, 0.2) is 6.61 Å². The molecule has 0 aliphatic carbocycles. The predicted molar refractivity (Wildman–Crippen MR) is 123 cm³/mol. The van der Waals surface area contributed by atoms with Crippen LogP contribution in [0.4, 0.5) is 10.7 Å². The fourth-order valence-electron chi connectivity index (χ4n) is 2.66. The molecule has 8 nitrogen and oxygen atoms in total. The van der Waals surface area contributed by atoms with Gasteiger partial charge in [0.05, 0.1) is 22.0 Å². The number of carbonyl (C=O) groups excluding carboxylic acids is 4. The minimum absolute atomic E-state index is 0.193. The molecule has 0 aliphatic rings. The van der Waals surface area contributed by atoms with Gasteiger partial charge < -0.3 is 20.1 Å². The van der Waals surface area contributed by atoms with Crippen LogP contribution in [0.15, 0.2) is 47.8 Å². The first kappa shape index (κ1) is 23.2. The molecule has 0 fully saturated rings. The van der Waals surface area contributed by atoms with Gasteiger partial charge in [-0.15, -0.1) is 22.7 Å². The van der Waals surface area contributed by atoms with Crippen LogP contribution in [0.1, 0.15) is 42.2 Å². The molecule has 0 spiro atoms. The van der Waals surface area contributed by atoms with Gasteiger partial charge in [-0.1, -0.05) is 12.1 Å². The van der Waals surface area contributed by atoms with Crippen LogP contribution in [-0.4, -0.2) is 37.0 Å². The van der Waals surface area contributed by atoms with Crippen molar-refractivity contribution in [1.29, 1.82) is 0 Å². The third kappa shape index (κ3) is 6.02. The Hall–Kier alpha value is -3.50. The molecule has 32 heavy (non-hydrogen) atoms. The highest BCUT2D eigenvalue weighted by molar-refractivity contribution is 7.18. The highest BCUT2D eigenvalue weighted by atomic mass is 32.1. The topological polar surface area (TPSA) is 111 Å². The van der Waals surface area contributed by atoms with Gasteiger partial charge in [-0.05, 0) is 55.1 Å². The van der Waals surface area contributed by atoms with E-state index in [1.54, 1.807) is 49.6 Å². The second-order valence-corrected chi connectivity index (χ2v) is 8.48. The molecule has 0 saturated heterocycles. The van der Waals surface area contributed by atoms with Crippen molar-refractivity contribution in [2.45, 2.75) is 13.8 Å². The van der Waals surface area contributed by atoms with Crippen molar-refractivity contribution in [3.8, 4) is 0 Å². The Balaban J connectivity index is 1.54. The Bertz CT molecular complexity index is 1140. The van der Waals surface area contributed by atoms with E-state index in [0.29, 0.717) is 26.0 Å². The lowest BCUT2D eigenvalue weighted by Gasteiger charge is -2.07. The van der Waals surface area contributed by atoms with Gasteiger partial charge in [0.25, 0.3) is 11.8 Å². The average Bonchev–Trinajstić information content (AvgIpc) is 3.42. The Labute approximate surface area is 192 Å². The number of anilines is 2. The molecule has 0 radical (unpaired) electrons. The van der Waals surface area contributed by atoms with Crippen molar-refractivity contribution >= 4 is 57.1 Å². The maximum absolute atomic E-state index is 12.3. The van der Waals surface area contributed by atoms with E-state index < -0.39 is 24.5 Å². The van der Waals surface area contributed by atoms with Crippen LogP contribution in [-0.2, 0) is 14.3 Å². The lowest BCUT2D eigenvalue weighted by molar-refractivity contribution is -0.119. The molecular weight excluding hydrogens is 452 g/mol. The van der Waals surface area contributed by atoms with E-state index in [0.717, 1.165) is 11.3 Å². The fourth-order valence-corrected chi connectivity index (χ4v) is 4.26. The number of esters is 2. The number of benzene rings is 1. The Morgan fingerprint density at radius 3 is 2.50 bits per heavy atom. The number of nitrogens with one attached hydrogen (secondary N) is 2. The average molecular weight is 473 g/mol. The van der Waals surface area contributed by atoms with Crippen LogP contribution < -0.4 is 10.6 Å². The molecule has 166 valence electrons. The summed E-state index contributed by atoms with van der Waals surface area (Å²) in [5.41, 5.74) is 1.31. The van der Waals surface area contributed by atoms with Crippen molar-refractivity contribution in [3.05, 3.63) is 68.7 Å². The van der Waals surface area contributed by atoms with E-state index in [9.17, 15) is 19.2 Å². The molecule has 2 N–H and O–H groups in total. The number of aryl methyl sites for hydroxylation is 1. The summed E-state index contributed by atoms with van der Waals surface area (Å²) >= 11 is 2.39. The molecule has 2 aromatic heterocycles. The fraction of sp³-hybridized carbons (Fsp3) is 0.182. The van der Waals surface area contributed by atoms with E-state index in [4.69, 9.17) is 9.47 Å². The molecular formula is C22H20N2O6S2. The maximum Gasteiger partial charge on any atom is 0.348 e. The molecule has 0 saturated carbocycles. The summed E-state index contributed by atoms with van der Waals surface area (Å²) in [4.78, 5) is 49.4. The minimum Gasteiger partial charge on any atom is -0.462 e. The van der Waals surface area contributed by atoms with E-state index in [-0.39, 0.29) is 18.1 Å². The van der Waals surface area contributed by atoms with Crippen LogP contribution in [0.3, 0.4) is 0 Å². The number of hydrogen-bond donors (Lipinski definition) is 2. The SMILES string of the molecule is CCOC(=O)c1sc(NC(=O)COC(=O)c2cccc(NC(=O)c3cccs3)c2)cc1C. The molecule has 3 rings (SSSR count). The quantitative estimate of drug-likeness (QED) is 0.472.